The lowest BCUT2D eigenvalue weighted by Gasteiger charge is -2.19. The van der Waals surface area contributed by atoms with Crippen molar-refractivity contribution in [3.63, 3.8) is 0 Å². The summed E-state index contributed by atoms with van der Waals surface area (Å²) in [5.74, 6) is -1.78. The van der Waals surface area contributed by atoms with Gasteiger partial charge in [0.05, 0.1) is 23.1 Å². The van der Waals surface area contributed by atoms with E-state index in [1.165, 1.54) is 18.5 Å². The minimum absolute atomic E-state index is 0.0325. The zero-order valence-electron chi connectivity index (χ0n) is 14.2. The molecule has 9 heteroatoms. The molecule has 0 unspecified atom stereocenters. The fourth-order valence-corrected chi connectivity index (χ4v) is 2.94. The van der Waals surface area contributed by atoms with Crippen LogP contribution in [0.3, 0.4) is 0 Å². The number of carbonyl (C=O) groups is 1. The number of benzene rings is 2. The van der Waals surface area contributed by atoms with Gasteiger partial charge >= 0.3 is 0 Å². The van der Waals surface area contributed by atoms with Crippen LogP contribution in [-0.2, 0) is 0 Å². The molecule has 4 rings (SSSR count). The van der Waals surface area contributed by atoms with Gasteiger partial charge in [-0.15, -0.1) is 0 Å². The molecule has 0 radical (unpaired) electrons. The Bertz CT molecular complexity index is 1040. The Kier molecular flexibility index (Phi) is 4.79. The fourth-order valence-electron chi connectivity index (χ4n) is 2.69. The SMILES string of the molecule is O=C(Nc1cnc(-c2cc3c(cc2Cl)OCCO3)cn1)c1c(F)cccc1F. The zero-order chi connectivity index (χ0) is 19.7. The number of aromatic nitrogens is 2. The van der Waals surface area contributed by atoms with Crippen LogP contribution in [0, 0.1) is 11.6 Å². The number of hydrogen-bond donors (Lipinski definition) is 1. The minimum atomic E-state index is -0.967. The standard InChI is InChI=1S/C19H12ClF2N3O3/c20-11-7-16-15(27-4-5-28-16)6-10(11)14-8-24-17(9-23-14)25-19(26)18-12(21)2-1-3-13(18)22/h1-3,6-9H,4-5H2,(H,24,25,26). The van der Waals surface area contributed by atoms with Crippen LogP contribution in [0.5, 0.6) is 11.5 Å². The first-order chi connectivity index (χ1) is 13.5. The molecular weight excluding hydrogens is 392 g/mol. The maximum absolute atomic E-state index is 13.7. The van der Waals surface area contributed by atoms with Gasteiger partial charge < -0.3 is 14.8 Å². The monoisotopic (exact) mass is 403 g/mol. The molecule has 2 aromatic carbocycles. The predicted octanol–water partition coefficient (Wildman–Crippen LogP) is 4.10. The molecule has 0 spiro atoms. The zero-order valence-corrected chi connectivity index (χ0v) is 15.0. The van der Waals surface area contributed by atoms with E-state index in [0.717, 1.165) is 12.1 Å². The molecule has 0 saturated carbocycles. The van der Waals surface area contributed by atoms with Gasteiger partial charge in [-0.3, -0.25) is 9.78 Å². The summed E-state index contributed by atoms with van der Waals surface area (Å²) in [6, 6.07) is 6.48. The number of ether oxygens (including phenoxy) is 2. The second-order valence-corrected chi connectivity index (χ2v) is 6.22. The third kappa shape index (κ3) is 3.46. The average molecular weight is 404 g/mol. The smallest absolute Gasteiger partial charge is 0.262 e. The van der Waals surface area contributed by atoms with E-state index in [4.69, 9.17) is 21.1 Å². The van der Waals surface area contributed by atoms with Gasteiger partial charge in [0.15, 0.2) is 17.3 Å². The molecule has 0 bridgehead atoms. The number of amides is 1. The van der Waals surface area contributed by atoms with Crippen molar-refractivity contribution in [1.82, 2.24) is 9.97 Å². The van der Waals surface area contributed by atoms with Crippen molar-refractivity contribution in [1.29, 1.82) is 0 Å². The molecule has 142 valence electrons. The van der Waals surface area contributed by atoms with Crippen LogP contribution < -0.4 is 14.8 Å². The van der Waals surface area contributed by atoms with Crippen LogP contribution >= 0.6 is 11.6 Å². The van der Waals surface area contributed by atoms with E-state index >= 15 is 0 Å². The lowest BCUT2D eigenvalue weighted by molar-refractivity contribution is 0.101. The molecule has 0 atom stereocenters. The highest BCUT2D eigenvalue weighted by Gasteiger charge is 2.19. The van der Waals surface area contributed by atoms with Gasteiger partial charge in [-0.05, 0) is 18.2 Å². The first-order valence-electron chi connectivity index (χ1n) is 8.20. The Morgan fingerprint density at radius 1 is 1.04 bits per heavy atom. The summed E-state index contributed by atoms with van der Waals surface area (Å²) in [5, 5.41) is 2.71. The number of hydrogen-bond acceptors (Lipinski definition) is 5. The van der Waals surface area contributed by atoms with E-state index in [1.807, 2.05) is 0 Å². The normalized spacial score (nSPS) is 12.5. The van der Waals surface area contributed by atoms with Crippen molar-refractivity contribution in [2.75, 3.05) is 18.5 Å². The molecule has 6 nitrogen and oxygen atoms in total. The highest BCUT2D eigenvalue weighted by atomic mass is 35.5. The van der Waals surface area contributed by atoms with Gasteiger partial charge in [0.1, 0.15) is 30.4 Å². The first-order valence-corrected chi connectivity index (χ1v) is 8.57. The number of carbonyl (C=O) groups excluding carboxylic acids is 1. The molecule has 1 N–H and O–H groups in total. The molecule has 1 amide bonds. The van der Waals surface area contributed by atoms with E-state index in [2.05, 4.69) is 15.3 Å². The minimum Gasteiger partial charge on any atom is -0.486 e. The van der Waals surface area contributed by atoms with Crippen LogP contribution in [0.4, 0.5) is 14.6 Å². The molecule has 1 aromatic heterocycles. The van der Waals surface area contributed by atoms with Gasteiger partial charge in [0, 0.05) is 11.6 Å². The van der Waals surface area contributed by atoms with Gasteiger partial charge in [-0.25, -0.2) is 13.8 Å². The van der Waals surface area contributed by atoms with E-state index in [1.54, 1.807) is 12.1 Å². The van der Waals surface area contributed by atoms with E-state index in [-0.39, 0.29) is 5.82 Å². The molecule has 2 heterocycles. The number of nitrogens with zero attached hydrogens (tertiary/aromatic N) is 2. The second kappa shape index (κ2) is 7.40. The van der Waals surface area contributed by atoms with Gasteiger partial charge in [-0.2, -0.15) is 0 Å². The largest absolute Gasteiger partial charge is 0.486 e. The molecular formula is C19H12ClF2N3O3. The lowest BCUT2D eigenvalue weighted by Crippen LogP contribution is -2.17. The first kappa shape index (κ1) is 18.1. The number of rotatable bonds is 3. The van der Waals surface area contributed by atoms with Crippen molar-refractivity contribution < 1.29 is 23.0 Å². The molecule has 1 aliphatic heterocycles. The van der Waals surface area contributed by atoms with Gasteiger partial charge in [0.25, 0.3) is 5.91 Å². The highest BCUT2D eigenvalue weighted by molar-refractivity contribution is 6.33. The van der Waals surface area contributed by atoms with E-state index in [9.17, 15) is 13.6 Å². The third-order valence-corrected chi connectivity index (χ3v) is 4.30. The number of halogens is 3. The van der Waals surface area contributed by atoms with Crippen molar-refractivity contribution in [2.24, 2.45) is 0 Å². The summed E-state index contributed by atoms with van der Waals surface area (Å²) >= 11 is 6.28. The quantitative estimate of drug-likeness (QED) is 0.712. The topological polar surface area (TPSA) is 73.3 Å². The summed E-state index contributed by atoms with van der Waals surface area (Å²) in [4.78, 5) is 20.4. The third-order valence-electron chi connectivity index (χ3n) is 3.99. The van der Waals surface area contributed by atoms with Crippen molar-refractivity contribution in [3.05, 3.63) is 64.9 Å². The second-order valence-electron chi connectivity index (χ2n) is 5.81. The summed E-state index contributed by atoms with van der Waals surface area (Å²) in [6.07, 6.45) is 2.64. The summed E-state index contributed by atoms with van der Waals surface area (Å²) < 4.78 is 38.4. The average Bonchev–Trinajstić information content (AvgIpc) is 2.68. The van der Waals surface area contributed by atoms with Crippen LogP contribution in [0.1, 0.15) is 10.4 Å². The van der Waals surface area contributed by atoms with Crippen molar-refractivity contribution in [3.8, 4) is 22.8 Å². The Morgan fingerprint density at radius 2 is 1.71 bits per heavy atom. The van der Waals surface area contributed by atoms with Gasteiger partial charge in [-0.1, -0.05) is 17.7 Å². The van der Waals surface area contributed by atoms with Crippen LogP contribution in [0.15, 0.2) is 42.7 Å². The molecule has 1 aliphatic rings. The van der Waals surface area contributed by atoms with Crippen LogP contribution in [-0.4, -0.2) is 29.1 Å². The Balaban J connectivity index is 1.57. The number of anilines is 1. The predicted molar refractivity (Wildman–Crippen MR) is 97.8 cm³/mol. The summed E-state index contributed by atoms with van der Waals surface area (Å²) in [7, 11) is 0. The highest BCUT2D eigenvalue weighted by Crippen LogP contribution is 2.39. The molecule has 0 fully saturated rings. The Morgan fingerprint density at radius 3 is 2.36 bits per heavy atom. The summed E-state index contributed by atoms with van der Waals surface area (Å²) in [5.41, 5.74) is 0.303. The van der Waals surface area contributed by atoms with E-state index < -0.39 is 23.1 Å². The van der Waals surface area contributed by atoms with Crippen molar-refractivity contribution >= 4 is 23.3 Å². The van der Waals surface area contributed by atoms with Crippen LogP contribution in [0.2, 0.25) is 5.02 Å². The lowest BCUT2D eigenvalue weighted by atomic mass is 10.1. The van der Waals surface area contributed by atoms with E-state index in [0.29, 0.717) is 41.0 Å². The number of fused-ring (bicyclic) bond motifs is 1. The number of nitrogens with one attached hydrogen (secondary N) is 1. The summed E-state index contributed by atoms with van der Waals surface area (Å²) in [6.45, 7) is 0.872. The maximum atomic E-state index is 13.7. The Labute approximate surface area is 163 Å². The maximum Gasteiger partial charge on any atom is 0.262 e. The fraction of sp³-hybridized carbons (Fsp3) is 0.105. The van der Waals surface area contributed by atoms with Crippen LogP contribution in [0.25, 0.3) is 11.3 Å². The molecule has 0 aliphatic carbocycles. The molecule has 0 saturated heterocycles. The van der Waals surface area contributed by atoms with Gasteiger partial charge in [0.2, 0.25) is 0 Å². The Hall–Kier alpha value is -3.26. The van der Waals surface area contributed by atoms with Crippen molar-refractivity contribution in [2.45, 2.75) is 0 Å². The molecule has 3 aromatic rings. The molecule has 28 heavy (non-hydrogen) atoms.